The fourth-order valence-corrected chi connectivity index (χ4v) is 1.58. The number of carbonyl (C=O) groups excluding carboxylic acids is 1. The number of nitrogens with two attached hydrogens (primary N) is 1. The minimum atomic E-state index is -0.398. The second-order valence-electron chi connectivity index (χ2n) is 4.29. The van der Waals surface area contributed by atoms with Crippen molar-refractivity contribution in [3.63, 3.8) is 0 Å². The molecule has 0 aromatic heterocycles. The smallest absolute Gasteiger partial charge is 0.314 e. The van der Waals surface area contributed by atoms with Gasteiger partial charge in [-0.15, -0.1) is 0 Å². The normalized spacial score (nSPS) is 12.4. The molecule has 1 aromatic rings. The summed E-state index contributed by atoms with van der Waals surface area (Å²) in [4.78, 5) is 11.9. The van der Waals surface area contributed by atoms with E-state index in [9.17, 15) is 4.79 Å². The fourth-order valence-electron chi connectivity index (χ4n) is 1.58. The molecule has 1 aromatic carbocycles. The van der Waals surface area contributed by atoms with Crippen molar-refractivity contribution in [2.45, 2.75) is 25.9 Å². The summed E-state index contributed by atoms with van der Waals surface area (Å²) in [5.74, 6) is -0.693. The zero-order valence-corrected chi connectivity index (χ0v) is 11.0. The van der Waals surface area contributed by atoms with Gasteiger partial charge in [0.05, 0.1) is 18.6 Å². The molecular formula is C14H21NO3. The zero-order valence-electron chi connectivity index (χ0n) is 11.0. The highest BCUT2D eigenvalue weighted by Crippen LogP contribution is 2.15. The van der Waals surface area contributed by atoms with Crippen molar-refractivity contribution >= 4 is 5.97 Å². The lowest BCUT2D eigenvalue weighted by atomic mass is 10.00. The maximum absolute atomic E-state index is 11.9. The van der Waals surface area contributed by atoms with Gasteiger partial charge in [-0.1, -0.05) is 30.3 Å². The van der Waals surface area contributed by atoms with E-state index in [1.807, 2.05) is 44.2 Å². The molecule has 0 bridgehead atoms. The molecule has 0 aliphatic carbocycles. The number of hydrogen-bond acceptors (Lipinski definition) is 4. The number of ether oxygens (including phenoxy) is 2. The molecule has 0 spiro atoms. The summed E-state index contributed by atoms with van der Waals surface area (Å²) >= 11 is 0. The summed E-state index contributed by atoms with van der Waals surface area (Å²) in [6.45, 7) is 4.80. The number of rotatable bonds is 7. The van der Waals surface area contributed by atoms with Crippen LogP contribution in [0, 0.1) is 0 Å². The molecule has 1 unspecified atom stereocenters. The lowest BCUT2D eigenvalue weighted by Gasteiger charge is -2.15. The van der Waals surface area contributed by atoms with Crippen molar-refractivity contribution in [1.29, 1.82) is 0 Å². The van der Waals surface area contributed by atoms with Crippen molar-refractivity contribution in [2.24, 2.45) is 5.73 Å². The quantitative estimate of drug-likeness (QED) is 0.592. The average Bonchev–Trinajstić information content (AvgIpc) is 2.36. The van der Waals surface area contributed by atoms with Crippen LogP contribution in [0.3, 0.4) is 0 Å². The third-order valence-corrected chi connectivity index (χ3v) is 2.50. The van der Waals surface area contributed by atoms with Gasteiger partial charge in [0.15, 0.2) is 0 Å². The largest absolute Gasteiger partial charge is 0.463 e. The third-order valence-electron chi connectivity index (χ3n) is 2.50. The van der Waals surface area contributed by atoms with E-state index in [-0.39, 0.29) is 25.2 Å². The van der Waals surface area contributed by atoms with E-state index in [1.165, 1.54) is 0 Å². The Morgan fingerprint density at radius 2 is 1.89 bits per heavy atom. The summed E-state index contributed by atoms with van der Waals surface area (Å²) in [5, 5.41) is 0. The van der Waals surface area contributed by atoms with E-state index >= 15 is 0 Å². The minimum Gasteiger partial charge on any atom is -0.463 e. The molecule has 100 valence electrons. The maximum atomic E-state index is 11.9. The van der Waals surface area contributed by atoms with E-state index in [0.29, 0.717) is 6.61 Å². The van der Waals surface area contributed by atoms with Crippen LogP contribution in [-0.2, 0) is 14.3 Å². The summed E-state index contributed by atoms with van der Waals surface area (Å²) in [7, 11) is 0. The van der Waals surface area contributed by atoms with Crippen LogP contribution in [0.5, 0.6) is 0 Å². The van der Waals surface area contributed by atoms with Gasteiger partial charge in [0.2, 0.25) is 0 Å². The molecule has 0 saturated carbocycles. The first-order chi connectivity index (χ1) is 8.65. The highest BCUT2D eigenvalue weighted by atomic mass is 16.6. The molecule has 4 heteroatoms. The second-order valence-corrected chi connectivity index (χ2v) is 4.29. The number of benzene rings is 1. The third kappa shape index (κ3) is 4.85. The molecular weight excluding hydrogens is 230 g/mol. The van der Waals surface area contributed by atoms with Gasteiger partial charge < -0.3 is 15.2 Å². The molecule has 0 aliphatic heterocycles. The molecule has 0 heterocycles. The SMILES string of the molecule is CC(C)OCCOC(=O)C(CN)c1ccccc1. The molecule has 2 N–H and O–H groups in total. The predicted octanol–water partition coefficient (Wildman–Crippen LogP) is 1.70. The minimum absolute atomic E-state index is 0.142. The Labute approximate surface area is 108 Å². The molecule has 0 fully saturated rings. The molecule has 0 saturated heterocycles. The van der Waals surface area contributed by atoms with E-state index in [2.05, 4.69) is 0 Å². The lowest BCUT2D eigenvalue weighted by molar-refractivity contribution is -0.147. The van der Waals surface area contributed by atoms with E-state index in [0.717, 1.165) is 5.56 Å². The molecule has 1 rings (SSSR count). The van der Waals surface area contributed by atoms with Gasteiger partial charge in [-0.3, -0.25) is 4.79 Å². The Bertz CT molecular complexity index is 351. The summed E-state index contributed by atoms with van der Waals surface area (Å²) in [6, 6.07) is 9.42. The van der Waals surface area contributed by atoms with Gasteiger partial charge in [-0.25, -0.2) is 0 Å². The van der Waals surface area contributed by atoms with Gasteiger partial charge in [0, 0.05) is 6.54 Å². The van der Waals surface area contributed by atoms with Gasteiger partial charge >= 0.3 is 5.97 Å². The first-order valence-electron chi connectivity index (χ1n) is 6.18. The van der Waals surface area contributed by atoms with Crippen LogP contribution in [0.25, 0.3) is 0 Å². The average molecular weight is 251 g/mol. The topological polar surface area (TPSA) is 61.5 Å². The Balaban J connectivity index is 2.43. The molecule has 4 nitrogen and oxygen atoms in total. The van der Waals surface area contributed by atoms with Crippen molar-refractivity contribution < 1.29 is 14.3 Å². The number of esters is 1. The number of hydrogen-bond donors (Lipinski definition) is 1. The van der Waals surface area contributed by atoms with Crippen LogP contribution in [0.15, 0.2) is 30.3 Å². The van der Waals surface area contributed by atoms with Crippen LogP contribution >= 0.6 is 0 Å². The molecule has 0 amide bonds. The van der Waals surface area contributed by atoms with Crippen molar-refractivity contribution in [2.75, 3.05) is 19.8 Å². The first kappa shape index (κ1) is 14.7. The molecule has 0 aliphatic rings. The highest BCUT2D eigenvalue weighted by molar-refractivity contribution is 5.78. The summed E-state index contributed by atoms with van der Waals surface area (Å²) in [5.41, 5.74) is 6.51. The Morgan fingerprint density at radius 1 is 1.22 bits per heavy atom. The van der Waals surface area contributed by atoms with Gasteiger partial charge in [-0.2, -0.15) is 0 Å². The van der Waals surface area contributed by atoms with Crippen molar-refractivity contribution in [1.82, 2.24) is 0 Å². The number of carbonyl (C=O) groups is 1. The van der Waals surface area contributed by atoms with Crippen molar-refractivity contribution in [3.8, 4) is 0 Å². The molecule has 0 radical (unpaired) electrons. The maximum Gasteiger partial charge on any atom is 0.314 e. The van der Waals surface area contributed by atoms with E-state index < -0.39 is 5.92 Å². The van der Waals surface area contributed by atoms with Gasteiger partial charge in [0.1, 0.15) is 6.61 Å². The monoisotopic (exact) mass is 251 g/mol. The first-order valence-corrected chi connectivity index (χ1v) is 6.18. The van der Waals surface area contributed by atoms with E-state index in [4.69, 9.17) is 15.2 Å². The second kappa shape index (κ2) is 7.84. The Morgan fingerprint density at radius 3 is 2.44 bits per heavy atom. The van der Waals surface area contributed by atoms with Crippen LogP contribution in [0.1, 0.15) is 25.3 Å². The molecule has 1 atom stereocenters. The summed E-state index contributed by atoms with van der Waals surface area (Å²) in [6.07, 6.45) is 0.142. The van der Waals surface area contributed by atoms with Gasteiger partial charge in [-0.05, 0) is 19.4 Å². The standard InChI is InChI=1S/C14H21NO3/c1-11(2)17-8-9-18-14(16)13(10-15)12-6-4-3-5-7-12/h3-7,11,13H,8-10,15H2,1-2H3. The lowest BCUT2D eigenvalue weighted by Crippen LogP contribution is -2.25. The fraction of sp³-hybridized carbons (Fsp3) is 0.500. The van der Waals surface area contributed by atoms with Crippen LogP contribution in [-0.4, -0.2) is 31.8 Å². The van der Waals surface area contributed by atoms with Crippen LogP contribution in [0.2, 0.25) is 0 Å². The summed E-state index contributed by atoms with van der Waals surface area (Å²) < 4.78 is 10.5. The predicted molar refractivity (Wildman–Crippen MR) is 70.3 cm³/mol. The van der Waals surface area contributed by atoms with Gasteiger partial charge in [0.25, 0.3) is 0 Å². The van der Waals surface area contributed by atoms with Crippen molar-refractivity contribution in [3.05, 3.63) is 35.9 Å². The Hall–Kier alpha value is -1.39. The molecule has 18 heavy (non-hydrogen) atoms. The van der Waals surface area contributed by atoms with Crippen LogP contribution < -0.4 is 5.73 Å². The Kier molecular flexibility index (Phi) is 6.39. The highest BCUT2D eigenvalue weighted by Gasteiger charge is 2.20. The van der Waals surface area contributed by atoms with E-state index in [1.54, 1.807) is 0 Å². The zero-order chi connectivity index (χ0) is 13.4. The van der Waals surface area contributed by atoms with Crippen LogP contribution in [0.4, 0.5) is 0 Å².